The summed E-state index contributed by atoms with van der Waals surface area (Å²) in [5.74, 6) is 2.61. The van der Waals surface area contributed by atoms with Crippen molar-refractivity contribution in [1.29, 1.82) is 0 Å². The van der Waals surface area contributed by atoms with Crippen molar-refractivity contribution >= 4 is 29.0 Å². The highest BCUT2D eigenvalue weighted by Gasteiger charge is 2.11. The van der Waals surface area contributed by atoms with Crippen LogP contribution in [-0.2, 0) is 0 Å². The summed E-state index contributed by atoms with van der Waals surface area (Å²) >= 11 is 12.0. The Kier molecular flexibility index (Phi) is 5.26. The first-order chi connectivity index (χ1) is 9.99. The van der Waals surface area contributed by atoms with Gasteiger partial charge in [0.15, 0.2) is 0 Å². The highest BCUT2D eigenvalue weighted by molar-refractivity contribution is 6.35. The monoisotopic (exact) mass is 325 g/mol. The highest BCUT2D eigenvalue weighted by atomic mass is 35.5. The van der Waals surface area contributed by atoms with Crippen LogP contribution in [-0.4, -0.2) is 16.5 Å². The molecule has 0 amide bonds. The molecule has 0 radical (unpaired) electrons. The second kappa shape index (κ2) is 6.96. The maximum atomic E-state index is 6.11. The molecule has 1 aromatic heterocycles. The minimum Gasteiger partial charge on any atom is -0.437 e. The first-order valence-electron chi connectivity index (χ1n) is 6.75. The minimum absolute atomic E-state index is 0.201. The molecule has 0 fully saturated rings. The van der Waals surface area contributed by atoms with Gasteiger partial charge in [0.1, 0.15) is 17.4 Å². The van der Waals surface area contributed by atoms with Crippen molar-refractivity contribution in [3.05, 3.63) is 40.1 Å². The van der Waals surface area contributed by atoms with Gasteiger partial charge in [0.2, 0.25) is 5.88 Å². The number of hydrogen-bond donors (Lipinski definition) is 1. The van der Waals surface area contributed by atoms with Crippen molar-refractivity contribution < 1.29 is 4.74 Å². The average Bonchev–Trinajstić information content (AvgIpc) is 2.42. The molecule has 0 bridgehead atoms. The zero-order valence-electron chi connectivity index (χ0n) is 12.2. The fourth-order valence-electron chi connectivity index (χ4n) is 1.70. The molecule has 21 heavy (non-hydrogen) atoms. The summed E-state index contributed by atoms with van der Waals surface area (Å²) in [6, 6.07) is 6.82. The van der Waals surface area contributed by atoms with Crippen molar-refractivity contribution in [2.75, 3.05) is 11.9 Å². The third-order valence-electron chi connectivity index (χ3n) is 2.70. The molecule has 1 N–H and O–H groups in total. The summed E-state index contributed by atoms with van der Waals surface area (Å²) in [6.07, 6.45) is 0. The normalized spacial score (nSPS) is 10.8. The van der Waals surface area contributed by atoms with Crippen LogP contribution >= 0.6 is 23.2 Å². The molecular weight excluding hydrogens is 309 g/mol. The first kappa shape index (κ1) is 15.9. The molecule has 0 aliphatic carbocycles. The van der Waals surface area contributed by atoms with Crippen LogP contribution in [0.3, 0.4) is 0 Å². The van der Waals surface area contributed by atoms with Gasteiger partial charge in [0.05, 0.1) is 5.02 Å². The molecule has 6 heteroatoms. The molecule has 0 saturated carbocycles. The first-order valence-corrected chi connectivity index (χ1v) is 7.51. The average molecular weight is 326 g/mol. The lowest BCUT2D eigenvalue weighted by atomic mass is 10.2. The van der Waals surface area contributed by atoms with E-state index in [-0.39, 0.29) is 5.92 Å². The fraction of sp³-hybridized carbons (Fsp3) is 0.333. The van der Waals surface area contributed by atoms with Crippen molar-refractivity contribution in [1.82, 2.24) is 9.97 Å². The third-order valence-corrected chi connectivity index (χ3v) is 3.23. The van der Waals surface area contributed by atoms with E-state index in [4.69, 9.17) is 27.9 Å². The van der Waals surface area contributed by atoms with E-state index in [2.05, 4.69) is 15.3 Å². The van der Waals surface area contributed by atoms with Crippen LogP contribution in [0, 0.1) is 0 Å². The number of nitrogens with one attached hydrogen (secondary N) is 1. The van der Waals surface area contributed by atoms with Crippen LogP contribution in [0.4, 0.5) is 5.82 Å². The van der Waals surface area contributed by atoms with E-state index < -0.39 is 0 Å². The van der Waals surface area contributed by atoms with Crippen LogP contribution in [0.2, 0.25) is 10.0 Å². The summed E-state index contributed by atoms with van der Waals surface area (Å²) < 4.78 is 5.76. The van der Waals surface area contributed by atoms with E-state index in [1.54, 1.807) is 24.3 Å². The van der Waals surface area contributed by atoms with Crippen molar-refractivity contribution in [3.8, 4) is 11.6 Å². The number of aromatic nitrogens is 2. The SMILES string of the molecule is CCNc1cc(Oc2ccc(Cl)cc2Cl)nc(C(C)C)n1. The number of halogens is 2. The molecule has 0 unspecified atom stereocenters. The van der Waals surface area contributed by atoms with E-state index in [9.17, 15) is 0 Å². The molecular formula is C15H17Cl2N3O. The standard InChI is InChI=1S/C15H17Cl2N3O/c1-4-18-13-8-14(20-15(19-13)9(2)3)21-12-6-5-10(16)7-11(12)17/h5-9H,4H2,1-3H3,(H,18,19,20). The van der Waals surface area contributed by atoms with Gasteiger partial charge in [-0.2, -0.15) is 4.98 Å². The molecule has 2 aromatic rings. The lowest BCUT2D eigenvalue weighted by Crippen LogP contribution is -2.05. The van der Waals surface area contributed by atoms with Crippen LogP contribution in [0.25, 0.3) is 0 Å². The maximum absolute atomic E-state index is 6.11. The topological polar surface area (TPSA) is 47.0 Å². The zero-order chi connectivity index (χ0) is 15.4. The third kappa shape index (κ3) is 4.22. The Hall–Kier alpha value is -1.52. The molecule has 0 aliphatic rings. The Balaban J connectivity index is 2.33. The largest absolute Gasteiger partial charge is 0.437 e. The molecule has 0 aliphatic heterocycles. The van der Waals surface area contributed by atoms with E-state index in [0.717, 1.165) is 12.4 Å². The van der Waals surface area contributed by atoms with Crippen LogP contribution in [0.15, 0.2) is 24.3 Å². The molecule has 0 spiro atoms. The highest BCUT2D eigenvalue weighted by Crippen LogP contribution is 2.31. The van der Waals surface area contributed by atoms with E-state index in [0.29, 0.717) is 27.5 Å². The van der Waals surface area contributed by atoms with Gasteiger partial charge < -0.3 is 10.1 Å². The van der Waals surface area contributed by atoms with E-state index in [1.165, 1.54) is 0 Å². The van der Waals surface area contributed by atoms with Gasteiger partial charge in [-0.25, -0.2) is 4.98 Å². The summed E-state index contributed by atoms with van der Waals surface area (Å²) in [6.45, 7) is 6.84. The summed E-state index contributed by atoms with van der Waals surface area (Å²) in [5.41, 5.74) is 0. The van der Waals surface area contributed by atoms with Gasteiger partial charge >= 0.3 is 0 Å². The fourth-order valence-corrected chi connectivity index (χ4v) is 2.14. The van der Waals surface area contributed by atoms with Crippen molar-refractivity contribution in [3.63, 3.8) is 0 Å². The summed E-state index contributed by atoms with van der Waals surface area (Å²) in [4.78, 5) is 8.85. The Bertz CT molecular complexity index is 632. The predicted molar refractivity (Wildman–Crippen MR) is 86.8 cm³/mol. The van der Waals surface area contributed by atoms with E-state index in [1.807, 2.05) is 20.8 Å². The molecule has 2 rings (SSSR count). The lowest BCUT2D eigenvalue weighted by Gasteiger charge is -2.12. The van der Waals surface area contributed by atoms with Crippen LogP contribution in [0.1, 0.15) is 32.5 Å². The van der Waals surface area contributed by atoms with Crippen LogP contribution < -0.4 is 10.1 Å². The van der Waals surface area contributed by atoms with Gasteiger partial charge in [-0.15, -0.1) is 0 Å². The number of rotatable bonds is 5. The number of hydrogen-bond acceptors (Lipinski definition) is 4. The maximum Gasteiger partial charge on any atom is 0.224 e. The van der Waals surface area contributed by atoms with Gasteiger partial charge in [0.25, 0.3) is 0 Å². The predicted octanol–water partition coefficient (Wildman–Crippen LogP) is 5.13. The minimum atomic E-state index is 0.201. The van der Waals surface area contributed by atoms with Gasteiger partial charge in [0, 0.05) is 23.6 Å². The Labute approximate surface area is 134 Å². The molecule has 1 aromatic carbocycles. The molecule has 1 heterocycles. The summed E-state index contributed by atoms with van der Waals surface area (Å²) in [7, 11) is 0. The molecule has 4 nitrogen and oxygen atoms in total. The van der Waals surface area contributed by atoms with Crippen molar-refractivity contribution in [2.45, 2.75) is 26.7 Å². The second-order valence-corrected chi connectivity index (χ2v) is 5.66. The van der Waals surface area contributed by atoms with Crippen molar-refractivity contribution in [2.24, 2.45) is 0 Å². The number of anilines is 1. The second-order valence-electron chi connectivity index (χ2n) is 4.81. The Morgan fingerprint density at radius 1 is 1.19 bits per heavy atom. The quantitative estimate of drug-likeness (QED) is 0.827. The molecule has 0 saturated heterocycles. The molecule has 112 valence electrons. The number of benzene rings is 1. The number of ether oxygens (including phenoxy) is 1. The zero-order valence-corrected chi connectivity index (χ0v) is 13.7. The Morgan fingerprint density at radius 2 is 1.95 bits per heavy atom. The molecule has 0 atom stereocenters. The smallest absolute Gasteiger partial charge is 0.224 e. The van der Waals surface area contributed by atoms with Crippen LogP contribution in [0.5, 0.6) is 11.6 Å². The van der Waals surface area contributed by atoms with Gasteiger partial charge in [-0.1, -0.05) is 37.0 Å². The van der Waals surface area contributed by atoms with E-state index >= 15 is 0 Å². The van der Waals surface area contributed by atoms with Gasteiger partial charge in [-0.05, 0) is 25.1 Å². The number of nitrogens with zero attached hydrogens (tertiary/aromatic N) is 2. The summed E-state index contributed by atoms with van der Waals surface area (Å²) in [5, 5.41) is 4.17. The van der Waals surface area contributed by atoms with Gasteiger partial charge in [-0.3, -0.25) is 0 Å². The Morgan fingerprint density at radius 3 is 2.57 bits per heavy atom. The lowest BCUT2D eigenvalue weighted by molar-refractivity contribution is 0.457.